The van der Waals surface area contributed by atoms with Gasteiger partial charge in [0.25, 0.3) is 5.91 Å². The van der Waals surface area contributed by atoms with E-state index in [9.17, 15) is 26.7 Å². The van der Waals surface area contributed by atoms with Crippen LogP contribution in [0, 0.1) is 11.6 Å². The third-order valence-corrected chi connectivity index (χ3v) is 5.31. The number of carbonyl (C=O) groups excluding carboxylic acids is 1. The van der Waals surface area contributed by atoms with Gasteiger partial charge in [0.15, 0.2) is 0 Å². The fraction of sp³-hybridized carbons (Fsp3) is 0.227. The van der Waals surface area contributed by atoms with Gasteiger partial charge in [-0.15, -0.1) is 0 Å². The van der Waals surface area contributed by atoms with E-state index in [2.05, 4.69) is 0 Å². The summed E-state index contributed by atoms with van der Waals surface area (Å²) in [5.41, 5.74) is -0.653. The zero-order valence-corrected chi connectivity index (χ0v) is 16.3. The number of ether oxygens (including phenoxy) is 1. The zero-order chi connectivity index (χ0) is 22.3. The minimum absolute atomic E-state index is 0.0546. The molecule has 31 heavy (non-hydrogen) atoms. The monoisotopic (exact) mass is 436 g/mol. The van der Waals surface area contributed by atoms with Gasteiger partial charge in [-0.05, 0) is 36.4 Å². The van der Waals surface area contributed by atoms with Crippen LogP contribution in [0.5, 0.6) is 5.75 Å². The lowest BCUT2D eigenvalue weighted by molar-refractivity contribution is -0.138. The molecule has 2 aromatic carbocycles. The summed E-state index contributed by atoms with van der Waals surface area (Å²) in [5.74, 6) is -2.72. The molecule has 0 radical (unpaired) electrons. The van der Waals surface area contributed by atoms with E-state index < -0.39 is 41.1 Å². The average Bonchev–Trinajstić information content (AvgIpc) is 3.21. The molecule has 1 aliphatic heterocycles. The van der Waals surface area contributed by atoms with Gasteiger partial charge < -0.3 is 14.2 Å². The maximum Gasteiger partial charge on any atom is 0.419 e. The Morgan fingerprint density at radius 3 is 2.52 bits per heavy atom. The molecule has 2 heterocycles. The van der Waals surface area contributed by atoms with Crippen molar-refractivity contribution in [2.75, 3.05) is 13.7 Å². The van der Waals surface area contributed by atoms with Gasteiger partial charge in [-0.3, -0.25) is 4.79 Å². The Morgan fingerprint density at radius 1 is 1.06 bits per heavy atom. The first kappa shape index (κ1) is 20.9. The molecule has 0 saturated heterocycles. The van der Waals surface area contributed by atoms with Crippen LogP contribution in [-0.2, 0) is 12.7 Å². The molecule has 1 amide bonds. The Balaban J connectivity index is 1.80. The van der Waals surface area contributed by atoms with Crippen molar-refractivity contribution in [3.63, 3.8) is 0 Å². The first-order valence-electron chi connectivity index (χ1n) is 9.37. The highest BCUT2D eigenvalue weighted by Gasteiger charge is 2.38. The minimum Gasteiger partial charge on any atom is -0.496 e. The van der Waals surface area contributed by atoms with Crippen LogP contribution in [0.15, 0.2) is 54.7 Å². The van der Waals surface area contributed by atoms with E-state index in [1.165, 1.54) is 17.0 Å². The molecule has 1 aliphatic rings. The van der Waals surface area contributed by atoms with Crippen molar-refractivity contribution in [3.05, 3.63) is 88.7 Å². The van der Waals surface area contributed by atoms with Crippen LogP contribution in [0.1, 0.15) is 33.2 Å². The summed E-state index contributed by atoms with van der Waals surface area (Å²) in [6.45, 7) is 0.519. The standard InChI is InChI=1S/C22H17F5N2O2/c1-31-19-7-4-13(11-16(19)22(25,26)27)21(30)29-10-9-28-8-2-3-18(28)20(29)15-6-5-14(23)12-17(15)24/h2-8,11-12,20H,9-10H2,1H3/t20-/m0/s1. The Hall–Kier alpha value is -3.36. The molecule has 0 unspecified atom stereocenters. The highest BCUT2D eigenvalue weighted by atomic mass is 19.4. The lowest BCUT2D eigenvalue weighted by Crippen LogP contribution is -2.42. The van der Waals surface area contributed by atoms with Crippen LogP contribution in [0.2, 0.25) is 0 Å². The quantitative estimate of drug-likeness (QED) is 0.540. The van der Waals surface area contributed by atoms with Crippen molar-refractivity contribution in [3.8, 4) is 5.75 Å². The number of hydrogen-bond acceptors (Lipinski definition) is 2. The largest absolute Gasteiger partial charge is 0.496 e. The number of aromatic nitrogens is 1. The second-order valence-corrected chi connectivity index (χ2v) is 7.11. The van der Waals surface area contributed by atoms with Gasteiger partial charge in [0.2, 0.25) is 0 Å². The molecule has 4 rings (SSSR count). The normalized spacial score (nSPS) is 16.2. The van der Waals surface area contributed by atoms with E-state index in [1.54, 1.807) is 18.3 Å². The van der Waals surface area contributed by atoms with Crippen molar-refractivity contribution < 1.29 is 31.5 Å². The number of amides is 1. The van der Waals surface area contributed by atoms with E-state index >= 15 is 0 Å². The van der Waals surface area contributed by atoms with Crippen LogP contribution in [0.3, 0.4) is 0 Å². The van der Waals surface area contributed by atoms with Crippen LogP contribution in [0.4, 0.5) is 22.0 Å². The number of fused-ring (bicyclic) bond motifs is 1. The Morgan fingerprint density at radius 2 is 1.84 bits per heavy atom. The molecular formula is C22H17F5N2O2. The van der Waals surface area contributed by atoms with Crippen molar-refractivity contribution in [2.45, 2.75) is 18.8 Å². The number of carbonyl (C=O) groups is 1. The summed E-state index contributed by atoms with van der Waals surface area (Å²) in [6, 6.07) is 8.59. The molecule has 3 aromatic rings. The smallest absolute Gasteiger partial charge is 0.419 e. The van der Waals surface area contributed by atoms with Gasteiger partial charge in [-0.2, -0.15) is 13.2 Å². The highest BCUT2D eigenvalue weighted by molar-refractivity contribution is 5.95. The second kappa shape index (κ2) is 7.72. The third-order valence-electron chi connectivity index (χ3n) is 5.31. The van der Waals surface area contributed by atoms with Crippen molar-refractivity contribution in [2.24, 2.45) is 0 Å². The number of benzene rings is 2. The molecule has 0 bridgehead atoms. The molecule has 1 atom stereocenters. The molecule has 1 aromatic heterocycles. The maximum atomic E-state index is 14.6. The van der Waals surface area contributed by atoms with E-state index in [1.807, 2.05) is 4.57 Å². The fourth-order valence-corrected chi connectivity index (χ4v) is 3.88. The number of rotatable bonds is 3. The summed E-state index contributed by atoms with van der Waals surface area (Å²) >= 11 is 0. The van der Waals surface area contributed by atoms with Crippen LogP contribution < -0.4 is 4.74 Å². The lowest BCUT2D eigenvalue weighted by Gasteiger charge is -2.37. The average molecular weight is 436 g/mol. The van der Waals surface area contributed by atoms with Crippen molar-refractivity contribution in [1.82, 2.24) is 9.47 Å². The molecule has 0 spiro atoms. The van der Waals surface area contributed by atoms with E-state index in [-0.39, 0.29) is 17.7 Å². The number of alkyl halides is 3. The highest BCUT2D eigenvalue weighted by Crippen LogP contribution is 2.39. The number of halogens is 5. The van der Waals surface area contributed by atoms with E-state index in [4.69, 9.17) is 4.74 Å². The molecule has 0 fully saturated rings. The Bertz CT molecular complexity index is 1140. The maximum absolute atomic E-state index is 14.6. The van der Waals surface area contributed by atoms with Gasteiger partial charge in [-0.1, -0.05) is 6.07 Å². The zero-order valence-electron chi connectivity index (χ0n) is 16.3. The topological polar surface area (TPSA) is 34.5 Å². The number of hydrogen-bond donors (Lipinski definition) is 0. The minimum atomic E-state index is -4.72. The Kier molecular flexibility index (Phi) is 5.20. The summed E-state index contributed by atoms with van der Waals surface area (Å²) < 4.78 is 74.9. The molecule has 0 N–H and O–H groups in total. The van der Waals surface area contributed by atoms with Gasteiger partial charge >= 0.3 is 6.18 Å². The van der Waals surface area contributed by atoms with Crippen LogP contribution >= 0.6 is 0 Å². The van der Waals surface area contributed by atoms with Gasteiger partial charge in [0.05, 0.1) is 12.7 Å². The number of methoxy groups -OCH3 is 1. The molecular weight excluding hydrogens is 419 g/mol. The SMILES string of the molecule is COc1ccc(C(=O)N2CCn3cccc3[C@@H]2c2ccc(F)cc2F)cc1C(F)(F)F. The van der Waals surface area contributed by atoms with E-state index in [0.29, 0.717) is 12.2 Å². The molecule has 4 nitrogen and oxygen atoms in total. The first-order chi connectivity index (χ1) is 14.7. The predicted octanol–water partition coefficient (Wildman–Crippen LogP) is 5.04. The molecule has 0 saturated carbocycles. The summed E-state index contributed by atoms with van der Waals surface area (Å²) in [4.78, 5) is 14.6. The first-order valence-corrected chi connectivity index (χ1v) is 9.37. The van der Waals surface area contributed by atoms with Gasteiger partial charge in [0.1, 0.15) is 23.4 Å². The van der Waals surface area contributed by atoms with Crippen molar-refractivity contribution >= 4 is 5.91 Å². The van der Waals surface area contributed by atoms with Crippen LogP contribution in [0.25, 0.3) is 0 Å². The van der Waals surface area contributed by atoms with Gasteiger partial charge in [0, 0.05) is 42.2 Å². The third kappa shape index (κ3) is 3.75. The molecule has 162 valence electrons. The van der Waals surface area contributed by atoms with Crippen molar-refractivity contribution in [1.29, 1.82) is 0 Å². The van der Waals surface area contributed by atoms with Gasteiger partial charge in [-0.25, -0.2) is 8.78 Å². The Labute approximate surface area is 174 Å². The molecule has 9 heteroatoms. The number of nitrogens with zero attached hydrogens (tertiary/aromatic N) is 2. The lowest BCUT2D eigenvalue weighted by atomic mass is 9.97. The van der Waals surface area contributed by atoms with E-state index in [0.717, 1.165) is 31.4 Å². The summed E-state index contributed by atoms with van der Waals surface area (Å²) in [6.07, 6.45) is -2.96. The second-order valence-electron chi connectivity index (χ2n) is 7.11. The van der Waals surface area contributed by atoms with Crippen LogP contribution in [-0.4, -0.2) is 29.0 Å². The summed E-state index contributed by atoms with van der Waals surface area (Å²) in [7, 11) is 1.11. The fourth-order valence-electron chi connectivity index (χ4n) is 3.88. The predicted molar refractivity (Wildman–Crippen MR) is 102 cm³/mol. The summed E-state index contributed by atoms with van der Waals surface area (Å²) in [5, 5.41) is 0. The molecule has 0 aliphatic carbocycles.